The first-order chi connectivity index (χ1) is 9.24. The lowest BCUT2D eigenvalue weighted by molar-refractivity contribution is 0.289. The summed E-state index contributed by atoms with van der Waals surface area (Å²) in [5, 5.41) is 12.6. The van der Waals surface area contributed by atoms with Gasteiger partial charge in [0, 0.05) is 42.4 Å². The number of anilines is 1. The number of nitrogens with zero attached hydrogens (tertiary/aromatic N) is 1. The van der Waals surface area contributed by atoms with Crippen LogP contribution in [0.1, 0.15) is 31.7 Å². The fourth-order valence-electron chi connectivity index (χ4n) is 2.23. The minimum absolute atomic E-state index is 0.250. The zero-order valence-electron chi connectivity index (χ0n) is 11.5. The summed E-state index contributed by atoms with van der Waals surface area (Å²) < 4.78 is 1.11. The Balaban J connectivity index is 2.10. The van der Waals surface area contributed by atoms with Crippen molar-refractivity contribution < 1.29 is 5.11 Å². The average molecular weight is 327 g/mol. The zero-order valence-corrected chi connectivity index (χ0v) is 13.1. The van der Waals surface area contributed by atoms with E-state index in [1.165, 1.54) is 24.1 Å². The van der Waals surface area contributed by atoms with E-state index in [0.717, 1.165) is 36.6 Å². The van der Waals surface area contributed by atoms with Crippen molar-refractivity contribution in [1.29, 1.82) is 0 Å². The maximum atomic E-state index is 9.02. The molecule has 0 unspecified atom stereocenters. The van der Waals surface area contributed by atoms with Crippen LogP contribution in [0.25, 0.3) is 0 Å². The van der Waals surface area contributed by atoms with Gasteiger partial charge >= 0.3 is 0 Å². The van der Waals surface area contributed by atoms with Crippen LogP contribution in [-0.2, 0) is 6.54 Å². The third kappa shape index (κ3) is 4.48. The Kier molecular flexibility index (Phi) is 5.67. The summed E-state index contributed by atoms with van der Waals surface area (Å²) in [6.45, 7) is 5.21. The van der Waals surface area contributed by atoms with E-state index >= 15 is 0 Å². The second-order valence-corrected chi connectivity index (χ2v) is 6.00. The molecule has 0 saturated heterocycles. The molecule has 0 radical (unpaired) electrons. The Bertz CT molecular complexity index is 407. The summed E-state index contributed by atoms with van der Waals surface area (Å²) in [4.78, 5) is 2.34. The predicted molar refractivity (Wildman–Crippen MR) is 83.6 cm³/mol. The highest BCUT2D eigenvalue weighted by molar-refractivity contribution is 9.10. The van der Waals surface area contributed by atoms with Crippen molar-refractivity contribution in [1.82, 2.24) is 5.32 Å². The predicted octanol–water partition coefficient (Wildman–Crippen LogP) is 2.91. The molecule has 0 atom stereocenters. The highest BCUT2D eigenvalue weighted by Crippen LogP contribution is 2.27. The summed E-state index contributed by atoms with van der Waals surface area (Å²) in [6, 6.07) is 7.21. The molecular formula is C15H23BrN2O. The largest absolute Gasteiger partial charge is 0.396 e. The van der Waals surface area contributed by atoms with Crippen LogP contribution in [0.4, 0.5) is 5.69 Å². The smallest absolute Gasteiger partial charge is 0.0447 e. The van der Waals surface area contributed by atoms with E-state index in [1.807, 2.05) is 0 Å². The van der Waals surface area contributed by atoms with Crippen LogP contribution in [0.5, 0.6) is 0 Å². The molecule has 0 aromatic heterocycles. The Morgan fingerprint density at radius 1 is 1.42 bits per heavy atom. The first-order valence-electron chi connectivity index (χ1n) is 7.12. The van der Waals surface area contributed by atoms with Crippen LogP contribution >= 0.6 is 15.9 Å². The van der Waals surface area contributed by atoms with Crippen LogP contribution in [-0.4, -0.2) is 30.8 Å². The average Bonchev–Trinajstić information content (AvgIpc) is 3.23. The molecule has 19 heavy (non-hydrogen) atoms. The second kappa shape index (κ2) is 7.27. The molecule has 0 spiro atoms. The Morgan fingerprint density at radius 3 is 2.84 bits per heavy atom. The third-order valence-electron chi connectivity index (χ3n) is 3.51. The molecule has 1 fully saturated rings. The molecular weight excluding hydrogens is 304 g/mol. The molecule has 2 rings (SSSR count). The maximum absolute atomic E-state index is 9.02. The standard InChI is InChI=1S/C15H23BrN2O/c1-2-18(8-3-9-19)15-10-13(16)5-4-12(15)11-17-14-6-7-14/h4-5,10,14,17,19H,2-3,6-9,11H2,1H3. The number of aliphatic hydroxyl groups is 1. The lowest BCUT2D eigenvalue weighted by Gasteiger charge is -2.26. The summed E-state index contributed by atoms with van der Waals surface area (Å²) in [5.74, 6) is 0. The molecule has 0 amide bonds. The van der Waals surface area contributed by atoms with Gasteiger partial charge < -0.3 is 15.3 Å². The van der Waals surface area contributed by atoms with Gasteiger partial charge in [-0.15, -0.1) is 0 Å². The van der Waals surface area contributed by atoms with Crippen molar-refractivity contribution >= 4 is 21.6 Å². The van der Waals surface area contributed by atoms with E-state index in [9.17, 15) is 0 Å². The van der Waals surface area contributed by atoms with Crippen LogP contribution < -0.4 is 10.2 Å². The normalized spacial score (nSPS) is 14.7. The highest BCUT2D eigenvalue weighted by atomic mass is 79.9. The van der Waals surface area contributed by atoms with E-state index in [0.29, 0.717) is 0 Å². The molecule has 1 aromatic rings. The van der Waals surface area contributed by atoms with Crippen molar-refractivity contribution in [3.8, 4) is 0 Å². The number of hydrogen-bond acceptors (Lipinski definition) is 3. The minimum atomic E-state index is 0.250. The summed E-state index contributed by atoms with van der Waals surface area (Å²) in [5.41, 5.74) is 2.62. The lowest BCUT2D eigenvalue weighted by atomic mass is 10.1. The van der Waals surface area contributed by atoms with Gasteiger partial charge in [0.15, 0.2) is 0 Å². The fraction of sp³-hybridized carbons (Fsp3) is 0.600. The zero-order chi connectivity index (χ0) is 13.7. The lowest BCUT2D eigenvalue weighted by Crippen LogP contribution is -2.27. The van der Waals surface area contributed by atoms with Crippen molar-refractivity contribution in [2.45, 2.75) is 38.8 Å². The molecule has 1 aliphatic carbocycles. The third-order valence-corrected chi connectivity index (χ3v) is 4.01. The first kappa shape index (κ1) is 14.8. The molecule has 4 heteroatoms. The van der Waals surface area contributed by atoms with E-state index in [2.05, 4.69) is 51.3 Å². The molecule has 0 aliphatic heterocycles. The molecule has 0 bridgehead atoms. The van der Waals surface area contributed by atoms with Gasteiger partial charge in [-0.2, -0.15) is 0 Å². The highest BCUT2D eigenvalue weighted by Gasteiger charge is 2.21. The van der Waals surface area contributed by atoms with Gasteiger partial charge in [0.05, 0.1) is 0 Å². The number of nitrogens with one attached hydrogen (secondary N) is 1. The van der Waals surface area contributed by atoms with Gasteiger partial charge in [-0.1, -0.05) is 22.0 Å². The van der Waals surface area contributed by atoms with Gasteiger partial charge in [-0.05, 0) is 43.9 Å². The van der Waals surface area contributed by atoms with Gasteiger partial charge in [-0.3, -0.25) is 0 Å². The van der Waals surface area contributed by atoms with E-state index in [4.69, 9.17) is 5.11 Å². The molecule has 1 saturated carbocycles. The van der Waals surface area contributed by atoms with Gasteiger partial charge in [0.1, 0.15) is 0 Å². The molecule has 3 nitrogen and oxygen atoms in total. The SMILES string of the molecule is CCN(CCCO)c1cc(Br)ccc1CNC1CC1. The summed E-state index contributed by atoms with van der Waals surface area (Å²) in [6.07, 6.45) is 3.44. The molecule has 0 heterocycles. The van der Waals surface area contributed by atoms with Crippen molar-refractivity contribution in [3.63, 3.8) is 0 Å². The van der Waals surface area contributed by atoms with Crippen LogP contribution in [0.2, 0.25) is 0 Å². The van der Waals surface area contributed by atoms with E-state index < -0.39 is 0 Å². The first-order valence-corrected chi connectivity index (χ1v) is 7.91. The number of aliphatic hydroxyl groups excluding tert-OH is 1. The quantitative estimate of drug-likeness (QED) is 0.771. The molecule has 2 N–H and O–H groups in total. The molecule has 106 valence electrons. The van der Waals surface area contributed by atoms with Gasteiger partial charge in [-0.25, -0.2) is 0 Å². The maximum Gasteiger partial charge on any atom is 0.0447 e. The van der Waals surface area contributed by atoms with Gasteiger partial charge in [0.25, 0.3) is 0 Å². The number of benzene rings is 1. The molecule has 1 aromatic carbocycles. The Labute approximate surface area is 124 Å². The topological polar surface area (TPSA) is 35.5 Å². The number of rotatable bonds is 8. The Morgan fingerprint density at radius 2 is 2.21 bits per heavy atom. The van der Waals surface area contributed by atoms with Gasteiger partial charge in [0.2, 0.25) is 0 Å². The van der Waals surface area contributed by atoms with Crippen LogP contribution in [0.15, 0.2) is 22.7 Å². The minimum Gasteiger partial charge on any atom is -0.396 e. The van der Waals surface area contributed by atoms with Crippen LogP contribution in [0.3, 0.4) is 0 Å². The Hall–Kier alpha value is -0.580. The fourth-order valence-corrected chi connectivity index (χ4v) is 2.58. The van der Waals surface area contributed by atoms with Crippen molar-refractivity contribution in [2.24, 2.45) is 0 Å². The number of hydrogen-bond donors (Lipinski definition) is 2. The summed E-state index contributed by atoms with van der Waals surface area (Å²) >= 11 is 3.56. The van der Waals surface area contributed by atoms with E-state index in [1.54, 1.807) is 0 Å². The van der Waals surface area contributed by atoms with Crippen molar-refractivity contribution in [2.75, 3.05) is 24.6 Å². The van der Waals surface area contributed by atoms with Crippen molar-refractivity contribution in [3.05, 3.63) is 28.2 Å². The van der Waals surface area contributed by atoms with E-state index in [-0.39, 0.29) is 6.61 Å². The van der Waals surface area contributed by atoms with Crippen LogP contribution in [0, 0.1) is 0 Å². The number of halogens is 1. The second-order valence-electron chi connectivity index (χ2n) is 5.09. The summed E-state index contributed by atoms with van der Waals surface area (Å²) in [7, 11) is 0. The monoisotopic (exact) mass is 326 g/mol. The molecule has 1 aliphatic rings.